The zero-order valence-corrected chi connectivity index (χ0v) is 21.0. The van der Waals surface area contributed by atoms with Crippen molar-refractivity contribution in [3.63, 3.8) is 0 Å². The first-order valence-corrected chi connectivity index (χ1v) is 12.0. The lowest BCUT2D eigenvalue weighted by atomic mass is 10.2. The van der Waals surface area contributed by atoms with Crippen molar-refractivity contribution in [1.82, 2.24) is 43.6 Å². The number of anilines is 1. The zero-order valence-electron chi connectivity index (χ0n) is 21.0. The van der Waals surface area contributed by atoms with Crippen molar-refractivity contribution in [3.05, 3.63) is 107 Å². The van der Waals surface area contributed by atoms with Crippen LogP contribution in [0.2, 0.25) is 0 Å². The Morgan fingerprint density at radius 2 is 1.92 bits per heavy atom. The number of carbonyl (C=O) groups excluding carboxylic acids is 1. The van der Waals surface area contributed by atoms with Crippen molar-refractivity contribution in [2.75, 3.05) is 5.73 Å². The highest BCUT2D eigenvalue weighted by atomic mass is 16.2. The fourth-order valence-electron chi connectivity index (χ4n) is 4.37. The molecule has 12 heteroatoms. The lowest BCUT2D eigenvalue weighted by molar-refractivity contribution is 0.0939. The second kappa shape index (κ2) is 9.31. The molecule has 1 amide bonds. The Kier molecular flexibility index (Phi) is 5.65. The van der Waals surface area contributed by atoms with Crippen molar-refractivity contribution in [2.45, 2.75) is 13.0 Å². The third-order valence-corrected chi connectivity index (χ3v) is 6.20. The number of carbonyl (C=O) groups is 1. The molecule has 0 saturated heterocycles. The molecule has 6 rings (SSSR count). The van der Waals surface area contributed by atoms with Crippen LogP contribution in [-0.2, 0) is 7.05 Å². The van der Waals surface area contributed by atoms with E-state index in [9.17, 15) is 9.59 Å². The first-order valence-electron chi connectivity index (χ1n) is 12.0. The normalized spacial score (nSPS) is 11.8. The standard InChI is InChI=1S/C27H22N10O2/c1-17(32-26(38)21-23(28)30-16-35-13-11-29-25(21)35)24-33-36-12-10-19(9-8-18-14-31-34(2)15-18)22(36)27(39)37(24)20-6-4-3-5-7-20/h3-7,10-17H,28H2,1-2H3,(H,32,38)/t17-/m1/s1. The number of nitrogens with two attached hydrogens (primary N) is 1. The second-order valence-electron chi connectivity index (χ2n) is 8.87. The Bertz CT molecular complexity index is 1990. The molecule has 39 heavy (non-hydrogen) atoms. The number of nitrogen functional groups attached to an aromatic ring is 1. The van der Waals surface area contributed by atoms with E-state index in [-0.39, 0.29) is 16.9 Å². The smallest absolute Gasteiger partial charge is 0.283 e. The number of hydrogen-bond donors (Lipinski definition) is 2. The molecule has 0 unspecified atom stereocenters. The summed E-state index contributed by atoms with van der Waals surface area (Å²) >= 11 is 0. The molecule has 5 aromatic heterocycles. The van der Waals surface area contributed by atoms with Gasteiger partial charge in [0.2, 0.25) is 0 Å². The first-order chi connectivity index (χ1) is 18.9. The molecule has 0 bridgehead atoms. The monoisotopic (exact) mass is 518 g/mol. The van der Waals surface area contributed by atoms with Gasteiger partial charge < -0.3 is 11.1 Å². The Morgan fingerprint density at radius 1 is 1.10 bits per heavy atom. The number of rotatable bonds is 4. The van der Waals surface area contributed by atoms with E-state index in [0.29, 0.717) is 28.2 Å². The Morgan fingerprint density at radius 3 is 2.69 bits per heavy atom. The summed E-state index contributed by atoms with van der Waals surface area (Å²) in [6.45, 7) is 1.74. The number of benzene rings is 1. The van der Waals surface area contributed by atoms with Crippen molar-refractivity contribution in [3.8, 4) is 17.5 Å². The van der Waals surface area contributed by atoms with E-state index in [4.69, 9.17) is 10.8 Å². The van der Waals surface area contributed by atoms with Gasteiger partial charge in [0.1, 0.15) is 23.2 Å². The maximum atomic E-state index is 14.0. The van der Waals surface area contributed by atoms with Crippen LogP contribution in [0.4, 0.5) is 5.82 Å². The molecule has 0 radical (unpaired) electrons. The van der Waals surface area contributed by atoms with Gasteiger partial charge in [-0.1, -0.05) is 30.0 Å². The van der Waals surface area contributed by atoms with Crippen molar-refractivity contribution in [2.24, 2.45) is 7.05 Å². The Hall–Kier alpha value is -5.70. The van der Waals surface area contributed by atoms with Gasteiger partial charge in [-0.2, -0.15) is 10.2 Å². The van der Waals surface area contributed by atoms with Crippen LogP contribution in [0.1, 0.15) is 40.3 Å². The summed E-state index contributed by atoms with van der Waals surface area (Å²) in [5.74, 6) is 5.97. The van der Waals surface area contributed by atoms with Gasteiger partial charge in [-0.05, 0) is 25.1 Å². The number of aryl methyl sites for hydroxylation is 1. The minimum absolute atomic E-state index is 0.0458. The number of para-hydroxylation sites is 1. The maximum absolute atomic E-state index is 14.0. The number of imidazole rings is 1. The highest BCUT2D eigenvalue weighted by Gasteiger charge is 2.24. The van der Waals surface area contributed by atoms with E-state index in [0.717, 1.165) is 5.56 Å². The summed E-state index contributed by atoms with van der Waals surface area (Å²) in [5, 5.41) is 11.8. The quantitative estimate of drug-likeness (QED) is 0.339. The average Bonchev–Trinajstić information content (AvgIpc) is 3.67. The molecule has 3 N–H and O–H groups in total. The summed E-state index contributed by atoms with van der Waals surface area (Å²) < 4.78 is 6.23. The van der Waals surface area contributed by atoms with E-state index in [1.807, 2.05) is 25.2 Å². The summed E-state index contributed by atoms with van der Waals surface area (Å²) in [6, 6.07) is 10.1. The van der Waals surface area contributed by atoms with Gasteiger partial charge in [0.15, 0.2) is 11.5 Å². The molecule has 192 valence electrons. The van der Waals surface area contributed by atoms with Crippen LogP contribution in [0.5, 0.6) is 0 Å². The maximum Gasteiger partial charge on any atom is 0.283 e. The highest BCUT2D eigenvalue weighted by molar-refractivity contribution is 6.04. The van der Waals surface area contributed by atoms with E-state index < -0.39 is 11.9 Å². The highest BCUT2D eigenvalue weighted by Crippen LogP contribution is 2.19. The summed E-state index contributed by atoms with van der Waals surface area (Å²) in [5.41, 5.74) is 8.37. The van der Waals surface area contributed by atoms with Crippen LogP contribution >= 0.6 is 0 Å². The predicted molar refractivity (Wildman–Crippen MR) is 143 cm³/mol. The Labute approximate surface area is 221 Å². The summed E-state index contributed by atoms with van der Waals surface area (Å²) in [7, 11) is 1.81. The van der Waals surface area contributed by atoms with Crippen LogP contribution in [-0.4, -0.2) is 44.2 Å². The van der Waals surface area contributed by atoms with Gasteiger partial charge in [-0.25, -0.2) is 14.5 Å². The van der Waals surface area contributed by atoms with Gasteiger partial charge >= 0.3 is 0 Å². The molecule has 0 aliphatic rings. The molecule has 6 aromatic rings. The molecule has 1 aromatic carbocycles. The lowest BCUT2D eigenvalue weighted by Gasteiger charge is -2.19. The Balaban J connectivity index is 1.46. The van der Waals surface area contributed by atoms with Crippen molar-refractivity contribution >= 4 is 22.9 Å². The van der Waals surface area contributed by atoms with E-state index in [2.05, 4.69) is 32.2 Å². The average molecular weight is 519 g/mol. The summed E-state index contributed by atoms with van der Waals surface area (Å²) in [4.78, 5) is 35.6. The largest absolute Gasteiger partial charge is 0.383 e. The van der Waals surface area contributed by atoms with Crippen LogP contribution in [0.3, 0.4) is 0 Å². The molecule has 0 fully saturated rings. The fourth-order valence-corrected chi connectivity index (χ4v) is 4.37. The molecule has 5 heterocycles. The number of fused-ring (bicyclic) bond motifs is 2. The lowest BCUT2D eigenvalue weighted by Crippen LogP contribution is -2.35. The van der Waals surface area contributed by atoms with Gasteiger partial charge in [0, 0.05) is 31.8 Å². The van der Waals surface area contributed by atoms with Crippen LogP contribution < -0.4 is 16.6 Å². The minimum Gasteiger partial charge on any atom is -0.383 e. The molecule has 1 atom stereocenters. The molecule has 12 nitrogen and oxygen atoms in total. The number of hydrogen-bond acceptors (Lipinski definition) is 7. The fraction of sp³-hybridized carbons (Fsp3) is 0.111. The van der Waals surface area contributed by atoms with Crippen molar-refractivity contribution < 1.29 is 4.79 Å². The SMILES string of the molecule is C[C@@H](NC(=O)c1c(N)ncn2ccnc12)c1nn2ccc(C#Cc3cnn(C)c3)c2c(=O)n1-c1ccccc1. The van der Waals surface area contributed by atoms with Crippen LogP contribution in [0, 0.1) is 11.8 Å². The number of amides is 1. The first kappa shape index (κ1) is 23.7. The van der Waals surface area contributed by atoms with E-state index >= 15 is 0 Å². The third-order valence-electron chi connectivity index (χ3n) is 6.20. The molecule has 0 aliphatic carbocycles. The van der Waals surface area contributed by atoms with Gasteiger partial charge in [0.05, 0.1) is 29.1 Å². The van der Waals surface area contributed by atoms with Crippen LogP contribution in [0.15, 0.2) is 78.5 Å². The number of nitrogens with zero attached hydrogens (tertiary/aromatic N) is 8. The molecular formula is C27H22N10O2. The van der Waals surface area contributed by atoms with Gasteiger partial charge in [-0.3, -0.25) is 23.2 Å². The van der Waals surface area contributed by atoms with Crippen molar-refractivity contribution in [1.29, 1.82) is 0 Å². The molecule has 0 saturated carbocycles. The van der Waals surface area contributed by atoms with E-state index in [1.54, 1.807) is 65.2 Å². The topological polar surface area (TPSA) is 142 Å². The molecular weight excluding hydrogens is 496 g/mol. The van der Waals surface area contributed by atoms with Gasteiger partial charge in [-0.15, -0.1) is 0 Å². The predicted octanol–water partition coefficient (Wildman–Crippen LogP) is 1.73. The van der Waals surface area contributed by atoms with Crippen LogP contribution in [0.25, 0.3) is 16.9 Å². The number of aromatic nitrogens is 8. The second-order valence-corrected chi connectivity index (χ2v) is 8.87. The summed E-state index contributed by atoms with van der Waals surface area (Å²) in [6.07, 6.45) is 9.83. The van der Waals surface area contributed by atoms with Gasteiger partial charge in [0.25, 0.3) is 11.5 Å². The molecule has 0 aliphatic heterocycles. The third kappa shape index (κ3) is 4.17. The van der Waals surface area contributed by atoms with E-state index in [1.165, 1.54) is 15.4 Å². The minimum atomic E-state index is -0.697. The number of nitrogens with one attached hydrogen (secondary N) is 1. The molecule has 0 spiro atoms. The zero-order chi connectivity index (χ0) is 27.1.